The molecule has 1 aliphatic rings. The maximum Gasteiger partial charge on any atom is 0.321 e. The minimum atomic E-state index is -0.717. The molecular weight excluding hydrogens is 362 g/mol. The number of anilines is 1. The van der Waals surface area contributed by atoms with Crippen molar-refractivity contribution in [3.63, 3.8) is 0 Å². The molecule has 152 valence electrons. The number of amides is 4. The fraction of sp³-hybridized carbons (Fsp3) is 0.500. The zero-order valence-corrected chi connectivity index (χ0v) is 16.5. The molecule has 2 atom stereocenters. The predicted octanol–water partition coefficient (Wildman–Crippen LogP) is 1.77. The van der Waals surface area contributed by atoms with Gasteiger partial charge in [-0.2, -0.15) is 0 Å². The number of esters is 1. The number of carbonyl (C=O) groups excluding carboxylic acids is 4. The van der Waals surface area contributed by atoms with Gasteiger partial charge in [0.25, 0.3) is 5.91 Å². The topological polar surface area (TPSA) is 105 Å². The molecule has 1 aromatic rings. The van der Waals surface area contributed by atoms with Gasteiger partial charge in [0.2, 0.25) is 5.91 Å². The molecule has 1 heterocycles. The van der Waals surface area contributed by atoms with Crippen molar-refractivity contribution in [2.45, 2.75) is 46.1 Å². The van der Waals surface area contributed by atoms with E-state index in [9.17, 15) is 19.2 Å². The number of rotatable bonds is 7. The first kappa shape index (κ1) is 21.4. The SMILES string of the molecule is CCc1ccc(N2C[C@@H](C(=O)OCC(=O)NC(=O)N[C@@H](C)CC)CC2=O)cc1. The van der Waals surface area contributed by atoms with Gasteiger partial charge in [-0.05, 0) is 37.5 Å². The highest BCUT2D eigenvalue weighted by Crippen LogP contribution is 2.26. The van der Waals surface area contributed by atoms with E-state index < -0.39 is 30.4 Å². The van der Waals surface area contributed by atoms with Crippen LogP contribution in [0.1, 0.15) is 39.2 Å². The fourth-order valence-electron chi connectivity index (χ4n) is 2.81. The summed E-state index contributed by atoms with van der Waals surface area (Å²) in [6, 6.07) is 6.90. The molecule has 2 N–H and O–H groups in total. The number of aryl methyl sites for hydroxylation is 1. The first-order valence-electron chi connectivity index (χ1n) is 9.50. The molecule has 4 amide bonds. The van der Waals surface area contributed by atoms with Gasteiger partial charge in [-0.15, -0.1) is 0 Å². The van der Waals surface area contributed by atoms with Gasteiger partial charge in [-0.1, -0.05) is 26.0 Å². The second-order valence-electron chi connectivity index (χ2n) is 6.86. The number of urea groups is 1. The van der Waals surface area contributed by atoms with E-state index in [1.807, 2.05) is 45.0 Å². The number of nitrogens with one attached hydrogen (secondary N) is 2. The molecule has 2 rings (SSSR count). The zero-order valence-electron chi connectivity index (χ0n) is 16.5. The normalized spacial score (nSPS) is 17.2. The molecule has 0 aromatic heterocycles. The van der Waals surface area contributed by atoms with Gasteiger partial charge in [0.05, 0.1) is 5.92 Å². The third kappa shape index (κ3) is 5.80. The first-order valence-corrected chi connectivity index (χ1v) is 9.50. The van der Waals surface area contributed by atoms with Gasteiger partial charge in [-0.25, -0.2) is 4.79 Å². The Kier molecular flexibility index (Phi) is 7.54. The van der Waals surface area contributed by atoms with E-state index in [0.29, 0.717) is 0 Å². The van der Waals surface area contributed by atoms with Crippen LogP contribution in [-0.2, 0) is 25.5 Å². The Morgan fingerprint density at radius 1 is 1.21 bits per heavy atom. The molecule has 0 radical (unpaired) electrons. The van der Waals surface area contributed by atoms with Crippen molar-refractivity contribution in [3.8, 4) is 0 Å². The van der Waals surface area contributed by atoms with Gasteiger partial charge in [0.15, 0.2) is 6.61 Å². The Labute approximate surface area is 164 Å². The molecule has 28 heavy (non-hydrogen) atoms. The number of carbonyl (C=O) groups is 4. The zero-order chi connectivity index (χ0) is 20.7. The molecule has 0 bridgehead atoms. The van der Waals surface area contributed by atoms with Crippen molar-refractivity contribution in [3.05, 3.63) is 29.8 Å². The lowest BCUT2D eigenvalue weighted by atomic mass is 10.1. The maximum atomic E-state index is 12.2. The van der Waals surface area contributed by atoms with Gasteiger partial charge in [0.1, 0.15) is 0 Å². The minimum Gasteiger partial charge on any atom is -0.455 e. The lowest BCUT2D eigenvalue weighted by molar-refractivity contribution is -0.152. The molecule has 0 aliphatic carbocycles. The Bertz CT molecular complexity index is 732. The van der Waals surface area contributed by atoms with E-state index >= 15 is 0 Å². The molecule has 8 heteroatoms. The quantitative estimate of drug-likeness (QED) is 0.692. The van der Waals surface area contributed by atoms with Crippen LogP contribution in [0.15, 0.2) is 24.3 Å². The first-order chi connectivity index (χ1) is 13.3. The third-order valence-electron chi connectivity index (χ3n) is 4.70. The summed E-state index contributed by atoms with van der Waals surface area (Å²) >= 11 is 0. The van der Waals surface area contributed by atoms with Gasteiger partial charge in [-0.3, -0.25) is 19.7 Å². The number of imide groups is 1. The average molecular weight is 389 g/mol. The Morgan fingerprint density at radius 2 is 1.89 bits per heavy atom. The number of hydrogen-bond donors (Lipinski definition) is 2. The van der Waals surface area contributed by atoms with Gasteiger partial charge in [0, 0.05) is 24.7 Å². The van der Waals surface area contributed by atoms with Gasteiger partial charge < -0.3 is 15.0 Å². The number of ether oxygens (including phenoxy) is 1. The standard InChI is InChI=1S/C20H27N3O5/c1-4-13(3)21-20(27)22-17(24)12-28-19(26)15-10-18(25)23(11-15)16-8-6-14(5-2)7-9-16/h6-9,13,15H,4-5,10-12H2,1-3H3,(H2,21,22,24,27)/t13-,15-/m0/s1. The van der Waals surface area contributed by atoms with E-state index in [-0.39, 0.29) is 24.9 Å². The second-order valence-corrected chi connectivity index (χ2v) is 6.86. The van der Waals surface area contributed by atoms with Gasteiger partial charge >= 0.3 is 12.0 Å². The van der Waals surface area contributed by atoms with E-state index in [4.69, 9.17) is 4.74 Å². The lowest BCUT2D eigenvalue weighted by Gasteiger charge is -2.17. The molecule has 0 saturated carbocycles. The Balaban J connectivity index is 1.82. The molecule has 8 nitrogen and oxygen atoms in total. The predicted molar refractivity (Wildman–Crippen MR) is 104 cm³/mol. The summed E-state index contributed by atoms with van der Waals surface area (Å²) in [6.45, 7) is 5.40. The molecule has 1 aromatic carbocycles. The van der Waals surface area contributed by atoms with E-state index in [2.05, 4.69) is 10.6 Å². The van der Waals surface area contributed by atoms with Crippen molar-refractivity contribution in [2.24, 2.45) is 5.92 Å². The van der Waals surface area contributed by atoms with Crippen LogP contribution < -0.4 is 15.5 Å². The van der Waals surface area contributed by atoms with Crippen LogP contribution in [0, 0.1) is 5.92 Å². The monoisotopic (exact) mass is 389 g/mol. The van der Waals surface area contributed by atoms with Crippen molar-refractivity contribution < 1.29 is 23.9 Å². The van der Waals surface area contributed by atoms with Crippen molar-refractivity contribution in [1.29, 1.82) is 0 Å². The molecule has 0 unspecified atom stereocenters. The van der Waals surface area contributed by atoms with Crippen molar-refractivity contribution in [1.82, 2.24) is 10.6 Å². The second kappa shape index (κ2) is 9.87. The summed E-state index contributed by atoms with van der Waals surface area (Å²) in [4.78, 5) is 49.3. The van der Waals surface area contributed by atoms with Crippen LogP contribution in [0.25, 0.3) is 0 Å². The molecule has 1 saturated heterocycles. The van der Waals surface area contributed by atoms with E-state index in [1.54, 1.807) is 4.90 Å². The summed E-state index contributed by atoms with van der Waals surface area (Å²) in [5, 5.41) is 4.68. The molecule has 1 aliphatic heterocycles. The highest BCUT2D eigenvalue weighted by atomic mass is 16.5. The summed E-state index contributed by atoms with van der Waals surface area (Å²) in [5.74, 6) is -2.15. The smallest absolute Gasteiger partial charge is 0.321 e. The van der Waals surface area contributed by atoms with Crippen molar-refractivity contribution >= 4 is 29.5 Å². The van der Waals surface area contributed by atoms with E-state index in [1.165, 1.54) is 0 Å². The van der Waals surface area contributed by atoms with Crippen LogP contribution in [0.4, 0.5) is 10.5 Å². The number of nitrogens with zero attached hydrogens (tertiary/aromatic N) is 1. The maximum absolute atomic E-state index is 12.2. The summed E-state index contributed by atoms with van der Waals surface area (Å²) in [7, 11) is 0. The van der Waals surface area contributed by atoms with Crippen LogP contribution >= 0.6 is 0 Å². The highest BCUT2D eigenvalue weighted by molar-refractivity contribution is 6.00. The van der Waals surface area contributed by atoms with Crippen LogP contribution in [0.5, 0.6) is 0 Å². The number of hydrogen-bond acceptors (Lipinski definition) is 5. The van der Waals surface area contributed by atoms with E-state index in [0.717, 1.165) is 24.1 Å². The molecule has 1 fully saturated rings. The molecule has 0 spiro atoms. The van der Waals surface area contributed by atoms with Crippen LogP contribution in [-0.4, -0.2) is 43.0 Å². The third-order valence-corrected chi connectivity index (χ3v) is 4.70. The van der Waals surface area contributed by atoms with Crippen LogP contribution in [0.3, 0.4) is 0 Å². The molecular formula is C20H27N3O5. The summed E-state index contributed by atoms with van der Waals surface area (Å²) in [6.07, 6.45) is 1.66. The minimum absolute atomic E-state index is 0.0322. The van der Waals surface area contributed by atoms with Crippen molar-refractivity contribution in [2.75, 3.05) is 18.1 Å². The average Bonchev–Trinajstić information content (AvgIpc) is 3.07. The Hall–Kier alpha value is -2.90. The van der Waals surface area contributed by atoms with Crippen LogP contribution in [0.2, 0.25) is 0 Å². The largest absolute Gasteiger partial charge is 0.455 e. The highest BCUT2D eigenvalue weighted by Gasteiger charge is 2.36. The summed E-state index contributed by atoms with van der Waals surface area (Å²) in [5.41, 5.74) is 1.90. The summed E-state index contributed by atoms with van der Waals surface area (Å²) < 4.78 is 4.98. The fourth-order valence-corrected chi connectivity index (χ4v) is 2.81. The number of benzene rings is 1. The Morgan fingerprint density at radius 3 is 2.50 bits per heavy atom. The lowest BCUT2D eigenvalue weighted by Crippen LogP contribution is -2.44.